The van der Waals surface area contributed by atoms with Crippen molar-refractivity contribution >= 4 is 17.2 Å². The molecule has 0 aliphatic carbocycles. The van der Waals surface area contributed by atoms with Crippen LogP contribution < -0.4 is 15.2 Å². The van der Waals surface area contributed by atoms with Crippen molar-refractivity contribution < 1.29 is 19.0 Å². The van der Waals surface area contributed by atoms with E-state index in [2.05, 4.69) is 0 Å². The van der Waals surface area contributed by atoms with Crippen LogP contribution in [0.3, 0.4) is 0 Å². The first kappa shape index (κ1) is 18.7. The molecule has 2 unspecified atom stereocenters. The maximum absolute atomic E-state index is 13.0. The lowest BCUT2D eigenvalue weighted by Crippen LogP contribution is -2.49. The summed E-state index contributed by atoms with van der Waals surface area (Å²) >= 11 is 1.62. The van der Waals surface area contributed by atoms with Crippen LogP contribution in [0.4, 0.5) is 0 Å². The van der Waals surface area contributed by atoms with Gasteiger partial charge in [0.1, 0.15) is 6.04 Å². The van der Waals surface area contributed by atoms with Crippen LogP contribution >= 0.6 is 11.3 Å². The third-order valence-electron chi connectivity index (χ3n) is 4.63. The van der Waals surface area contributed by atoms with Crippen molar-refractivity contribution in [2.24, 2.45) is 5.73 Å². The van der Waals surface area contributed by atoms with E-state index in [4.69, 9.17) is 19.9 Å². The number of carbonyl (C=O) groups is 1. The van der Waals surface area contributed by atoms with Gasteiger partial charge >= 0.3 is 0 Å². The Kier molecular flexibility index (Phi) is 5.80. The number of fused-ring (bicyclic) bond motifs is 1. The van der Waals surface area contributed by atoms with Crippen molar-refractivity contribution in [2.75, 3.05) is 34.5 Å². The maximum Gasteiger partial charge on any atom is 0.242 e. The molecule has 2 aromatic rings. The molecule has 1 amide bonds. The first-order chi connectivity index (χ1) is 12.6. The third-order valence-corrected chi connectivity index (χ3v) is 5.56. The highest BCUT2D eigenvalue weighted by molar-refractivity contribution is 7.10. The van der Waals surface area contributed by atoms with Crippen LogP contribution in [0.2, 0.25) is 0 Å². The molecule has 140 valence electrons. The molecule has 0 spiro atoms. The second-order valence-corrected chi connectivity index (χ2v) is 7.15. The molecule has 6 nitrogen and oxygen atoms in total. The van der Waals surface area contributed by atoms with Gasteiger partial charge in [-0.3, -0.25) is 4.79 Å². The van der Waals surface area contributed by atoms with Crippen LogP contribution in [-0.2, 0) is 16.0 Å². The molecule has 7 heteroatoms. The summed E-state index contributed by atoms with van der Waals surface area (Å²) < 4.78 is 16.0. The average Bonchev–Trinajstić information content (AvgIpc) is 3.19. The largest absolute Gasteiger partial charge is 0.493 e. The molecule has 0 saturated heterocycles. The standard InChI is InChI=1S/C19H24N2O4S/c1-23-11-14(20)19(22)21-7-6-12-9-15(24-2)16(25-3)10-13(12)18(21)17-5-4-8-26-17/h4-5,8-10,14,18H,6-7,11,20H2,1-3H3. The number of rotatable bonds is 6. The van der Waals surface area contributed by atoms with Crippen molar-refractivity contribution in [1.29, 1.82) is 0 Å². The van der Waals surface area contributed by atoms with E-state index in [1.54, 1.807) is 32.7 Å². The Morgan fingerprint density at radius 1 is 1.31 bits per heavy atom. The van der Waals surface area contributed by atoms with Crippen LogP contribution in [0.5, 0.6) is 11.5 Å². The van der Waals surface area contributed by atoms with Crippen molar-refractivity contribution in [3.63, 3.8) is 0 Å². The summed E-state index contributed by atoms with van der Waals surface area (Å²) in [6.07, 6.45) is 0.739. The Bertz CT molecular complexity index is 763. The van der Waals surface area contributed by atoms with E-state index >= 15 is 0 Å². The van der Waals surface area contributed by atoms with E-state index in [0.717, 1.165) is 22.4 Å². The van der Waals surface area contributed by atoms with Gasteiger partial charge in [0.25, 0.3) is 0 Å². The lowest BCUT2D eigenvalue weighted by molar-refractivity contribution is -0.135. The highest BCUT2D eigenvalue weighted by Gasteiger charge is 2.35. The molecule has 2 atom stereocenters. The number of thiophene rings is 1. The van der Waals surface area contributed by atoms with Gasteiger partial charge in [-0.05, 0) is 41.1 Å². The molecule has 2 N–H and O–H groups in total. The van der Waals surface area contributed by atoms with Gasteiger partial charge in [0.2, 0.25) is 5.91 Å². The van der Waals surface area contributed by atoms with E-state index in [1.165, 1.54) is 0 Å². The number of hydrogen-bond donors (Lipinski definition) is 1. The average molecular weight is 376 g/mol. The SMILES string of the molecule is COCC(N)C(=O)N1CCc2cc(OC)c(OC)cc2C1c1cccs1. The predicted octanol–water partition coefficient (Wildman–Crippen LogP) is 2.21. The van der Waals surface area contributed by atoms with Crippen molar-refractivity contribution in [2.45, 2.75) is 18.5 Å². The topological polar surface area (TPSA) is 74.0 Å². The minimum atomic E-state index is -0.677. The van der Waals surface area contributed by atoms with E-state index in [9.17, 15) is 4.79 Å². The van der Waals surface area contributed by atoms with E-state index in [0.29, 0.717) is 18.0 Å². The maximum atomic E-state index is 13.0. The number of carbonyl (C=O) groups excluding carboxylic acids is 1. The molecule has 2 heterocycles. The molecule has 1 aliphatic heterocycles. The molecule has 0 saturated carbocycles. The molecule has 3 rings (SSSR count). The number of methoxy groups -OCH3 is 3. The molecule has 0 radical (unpaired) electrons. The molecule has 1 aliphatic rings. The lowest BCUT2D eigenvalue weighted by atomic mass is 9.90. The van der Waals surface area contributed by atoms with Gasteiger partial charge in [0.05, 0.1) is 26.9 Å². The summed E-state index contributed by atoms with van der Waals surface area (Å²) in [5.41, 5.74) is 8.25. The Morgan fingerprint density at radius 3 is 2.65 bits per heavy atom. The highest BCUT2D eigenvalue weighted by atomic mass is 32.1. The van der Waals surface area contributed by atoms with Crippen LogP contribution in [-0.4, -0.2) is 51.3 Å². The number of ether oxygens (including phenoxy) is 3. The third kappa shape index (κ3) is 3.42. The second kappa shape index (κ2) is 8.07. The first-order valence-corrected chi connectivity index (χ1v) is 9.31. The molecule has 1 aromatic heterocycles. The smallest absolute Gasteiger partial charge is 0.242 e. The number of nitrogens with two attached hydrogens (primary N) is 1. The second-order valence-electron chi connectivity index (χ2n) is 6.17. The monoisotopic (exact) mass is 376 g/mol. The van der Waals surface area contributed by atoms with Crippen molar-refractivity contribution in [1.82, 2.24) is 4.90 Å². The summed E-state index contributed by atoms with van der Waals surface area (Å²) in [7, 11) is 4.79. The van der Waals surface area contributed by atoms with Crippen LogP contribution in [0, 0.1) is 0 Å². The zero-order chi connectivity index (χ0) is 18.7. The lowest BCUT2D eigenvalue weighted by Gasteiger charge is -2.38. The van der Waals surface area contributed by atoms with Gasteiger partial charge in [-0.15, -0.1) is 11.3 Å². The summed E-state index contributed by atoms with van der Waals surface area (Å²) in [6, 6.07) is 7.15. The molecule has 26 heavy (non-hydrogen) atoms. The molecular weight excluding hydrogens is 352 g/mol. The molecular formula is C19H24N2O4S. The Morgan fingerprint density at radius 2 is 2.04 bits per heavy atom. The van der Waals surface area contributed by atoms with Gasteiger partial charge in [0.15, 0.2) is 11.5 Å². The molecule has 0 bridgehead atoms. The Hall–Kier alpha value is -2.09. The van der Waals surface area contributed by atoms with Gasteiger partial charge in [-0.2, -0.15) is 0 Å². The fraction of sp³-hybridized carbons (Fsp3) is 0.421. The summed E-state index contributed by atoms with van der Waals surface area (Å²) in [6.45, 7) is 0.798. The van der Waals surface area contributed by atoms with Gasteiger partial charge in [0, 0.05) is 18.5 Å². The first-order valence-electron chi connectivity index (χ1n) is 8.43. The Labute approximate surface area is 157 Å². The van der Waals surface area contributed by atoms with Gasteiger partial charge < -0.3 is 24.8 Å². The highest BCUT2D eigenvalue weighted by Crippen LogP contribution is 2.42. The van der Waals surface area contributed by atoms with Gasteiger partial charge in [-0.25, -0.2) is 0 Å². The fourth-order valence-electron chi connectivity index (χ4n) is 3.40. The molecule has 0 fully saturated rings. The molecule has 1 aromatic carbocycles. The zero-order valence-corrected chi connectivity index (χ0v) is 16.0. The predicted molar refractivity (Wildman–Crippen MR) is 101 cm³/mol. The summed E-state index contributed by atoms with van der Waals surface area (Å²) in [4.78, 5) is 15.9. The summed E-state index contributed by atoms with van der Waals surface area (Å²) in [5, 5.41) is 2.02. The van der Waals surface area contributed by atoms with Gasteiger partial charge in [-0.1, -0.05) is 6.07 Å². The minimum Gasteiger partial charge on any atom is -0.493 e. The van der Waals surface area contributed by atoms with Crippen LogP contribution in [0.15, 0.2) is 29.6 Å². The summed E-state index contributed by atoms with van der Waals surface area (Å²) in [5.74, 6) is 1.25. The zero-order valence-electron chi connectivity index (χ0n) is 15.2. The van der Waals surface area contributed by atoms with Crippen LogP contribution in [0.1, 0.15) is 22.0 Å². The quantitative estimate of drug-likeness (QED) is 0.837. The van der Waals surface area contributed by atoms with Crippen molar-refractivity contribution in [3.05, 3.63) is 45.6 Å². The normalized spacial score (nSPS) is 17.5. The Balaban J connectivity index is 2.07. The van der Waals surface area contributed by atoms with Crippen LogP contribution in [0.25, 0.3) is 0 Å². The van der Waals surface area contributed by atoms with Crippen molar-refractivity contribution in [3.8, 4) is 11.5 Å². The van der Waals surface area contributed by atoms with E-state index in [1.807, 2.05) is 34.5 Å². The fourth-order valence-corrected chi connectivity index (χ4v) is 4.26. The number of nitrogens with zero attached hydrogens (tertiary/aromatic N) is 1. The number of amides is 1. The van der Waals surface area contributed by atoms with E-state index in [-0.39, 0.29) is 18.6 Å². The number of benzene rings is 1. The minimum absolute atomic E-state index is 0.106. The van der Waals surface area contributed by atoms with E-state index < -0.39 is 6.04 Å². The number of hydrogen-bond acceptors (Lipinski definition) is 6.